The third-order valence-corrected chi connectivity index (χ3v) is 4.74. The number of hydrogen-bond acceptors (Lipinski definition) is 5. The molecule has 1 atom stereocenters. The molecule has 1 aromatic carbocycles. The van der Waals surface area contributed by atoms with Crippen LogP contribution in [0.3, 0.4) is 0 Å². The first-order valence-electron chi connectivity index (χ1n) is 8.38. The summed E-state index contributed by atoms with van der Waals surface area (Å²) in [6.45, 7) is 6.43. The zero-order valence-electron chi connectivity index (χ0n) is 15.2. The molecule has 2 rings (SSSR count). The Bertz CT molecular complexity index is 786. The number of benzene rings is 1. The molecule has 6 heteroatoms. The molecule has 1 unspecified atom stereocenters. The summed E-state index contributed by atoms with van der Waals surface area (Å²) in [5.74, 6) is 6.88. The molecule has 0 bridgehead atoms. The van der Waals surface area contributed by atoms with Crippen molar-refractivity contribution in [2.45, 2.75) is 32.4 Å². The maximum absolute atomic E-state index is 10.7. The number of aliphatic carboxylic acids is 1. The number of carbonyl (C=O) groups is 1. The Morgan fingerprint density at radius 2 is 2.04 bits per heavy atom. The minimum atomic E-state index is -0.818. The highest BCUT2D eigenvalue weighted by Crippen LogP contribution is 2.22. The van der Waals surface area contributed by atoms with Gasteiger partial charge < -0.3 is 14.3 Å². The van der Waals surface area contributed by atoms with E-state index < -0.39 is 11.2 Å². The van der Waals surface area contributed by atoms with E-state index in [2.05, 4.69) is 16.8 Å². The predicted molar refractivity (Wildman–Crippen MR) is 103 cm³/mol. The van der Waals surface area contributed by atoms with E-state index in [1.54, 1.807) is 6.92 Å². The third-order valence-electron chi connectivity index (χ3n) is 3.73. The van der Waals surface area contributed by atoms with Crippen LogP contribution in [0.25, 0.3) is 11.5 Å². The van der Waals surface area contributed by atoms with Crippen LogP contribution in [-0.2, 0) is 16.0 Å². The number of aryl methyl sites for hydroxylation is 2. The molecule has 0 amide bonds. The predicted octanol–water partition coefficient (Wildman–Crippen LogP) is 3.73. The van der Waals surface area contributed by atoms with Gasteiger partial charge in [0.15, 0.2) is 0 Å². The van der Waals surface area contributed by atoms with E-state index in [0.29, 0.717) is 31.3 Å². The minimum Gasteiger partial charge on any atom is -0.480 e. The lowest BCUT2D eigenvalue weighted by atomic mass is 10.1. The maximum atomic E-state index is 10.7. The quantitative estimate of drug-likeness (QED) is 0.561. The van der Waals surface area contributed by atoms with Crippen molar-refractivity contribution in [1.29, 1.82) is 0 Å². The molecule has 2 aromatic rings. The molecule has 0 aliphatic rings. The monoisotopic (exact) mass is 373 g/mol. The number of oxazole rings is 1. The van der Waals surface area contributed by atoms with Crippen molar-refractivity contribution < 1.29 is 19.1 Å². The van der Waals surface area contributed by atoms with Gasteiger partial charge in [-0.25, -0.2) is 4.98 Å². The molecular weight excluding hydrogens is 350 g/mol. The van der Waals surface area contributed by atoms with Crippen LogP contribution in [-0.4, -0.2) is 40.3 Å². The second-order valence-corrected chi connectivity index (χ2v) is 7.16. The highest BCUT2D eigenvalue weighted by Gasteiger charge is 2.11. The van der Waals surface area contributed by atoms with E-state index in [-0.39, 0.29) is 0 Å². The normalized spacial score (nSPS) is 11.7. The zero-order valence-corrected chi connectivity index (χ0v) is 16.1. The van der Waals surface area contributed by atoms with E-state index in [9.17, 15) is 4.79 Å². The van der Waals surface area contributed by atoms with Gasteiger partial charge >= 0.3 is 5.97 Å². The summed E-state index contributed by atoms with van der Waals surface area (Å²) in [6.07, 6.45) is 0.660. The Hall–Kier alpha value is -2.23. The van der Waals surface area contributed by atoms with Gasteiger partial charge in [0.05, 0.1) is 18.1 Å². The van der Waals surface area contributed by atoms with Crippen molar-refractivity contribution in [3.05, 3.63) is 41.3 Å². The molecule has 0 spiro atoms. The standard InChI is InChI=1S/C20H23NO4S/c1-14-6-8-17(9-7-14)19-21-18(15(2)25-19)10-12-24-11-4-5-13-26-16(3)20(22)23/h6-9,16H,10-13H2,1-3H3,(H,22,23). The summed E-state index contributed by atoms with van der Waals surface area (Å²) >= 11 is 1.30. The molecule has 0 radical (unpaired) electrons. The minimum absolute atomic E-state index is 0.323. The first kappa shape index (κ1) is 20.1. The summed E-state index contributed by atoms with van der Waals surface area (Å²) < 4.78 is 11.2. The average molecular weight is 373 g/mol. The first-order chi connectivity index (χ1) is 12.5. The molecule has 5 nitrogen and oxygen atoms in total. The lowest BCUT2D eigenvalue weighted by Gasteiger charge is -2.00. The summed E-state index contributed by atoms with van der Waals surface area (Å²) in [6, 6.07) is 8.07. The van der Waals surface area contributed by atoms with Crippen molar-refractivity contribution in [2.75, 3.05) is 19.0 Å². The molecule has 1 N–H and O–H groups in total. The molecule has 1 heterocycles. The molecule has 0 saturated heterocycles. The van der Waals surface area contributed by atoms with Gasteiger partial charge in [-0.1, -0.05) is 29.5 Å². The van der Waals surface area contributed by atoms with Crippen LogP contribution >= 0.6 is 11.8 Å². The van der Waals surface area contributed by atoms with Crippen LogP contribution in [0.4, 0.5) is 0 Å². The van der Waals surface area contributed by atoms with Crippen LogP contribution in [0, 0.1) is 25.7 Å². The summed E-state index contributed by atoms with van der Waals surface area (Å²) in [7, 11) is 0. The summed E-state index contributed by atoms with van der Waals surface area (Å²) in [5.41, 5.74) is 3.05. The Balaban J connectivity index is 1.73. The second-order valence-electron chi connectivity index (χ2n) is 5.84. The number of ether oxygens (including phenoxy) is 1. The third kappa shape index (κ3) is 6.25. The number of rotatable bonds is 8. The zero-order chi connectivity index (χ0) is 18.9. The van der Waals surface area contributed by atoms with Crippen molar-refractivity contribution >= 4 is 17.7 Å². The number of aromatic nitrogens is 1. The van der Waals surface area contributed by atoms with Crippen molar-refractivity contribution in [3.8, 4) is 23.3 Å². The fourth-order valence-corrected chi connectivity index (χ4v) is 2.69. The smallest absolute Gasteiger partial charge is 0.316 e. The Labute approximate surface area is 158 Å². The van der Waals surface area contributed by atoms with Crippen LogP contribution in [0.2, 0.25) is 0 Å². The fraction of sp³-hybridized carbons (Fsp3) is 0.400. The fourth-order valence-electron chi connectivity index (χ4n) is 2.11. The molecule has 0 fully saturated rings. The summed E-state index contributed by atoms with van der Waals surface area (Å²) in [4.78, 5) is 15.2. The number of carboxylic acids is 1. The number of hydrogen-bond donors (Lipinski definition) is 1. The van der Waals surface area contributed by atoms with E-state index in [1.165, 1.54) is 17.3 Å². The van der Waals surface area contributed by atoms with Gasteiger partial charge in [-0.15, -0.1) is 11.8 Å². The highest BCUT2D eigenvalue weighted by atomic mass is 32.2. The largest absolute Gasteiger partial charge is 0.480 e. The number of carboxylic acid groups (broad SMARTS) is 1. The molecule has 0 aliphatic heterocycles. The molecule has 1 aromatic heterocycles. The number of nitrogens with zero attached hydrogens (tertiary/aromatic N) is 1. The van der Waals surface area contributed by atoms with E-state index in [4.69, 9.17) is 14.3 Å². The van der Waals surface area contributed by atoms with Crippen molar-refractivity contribution in [3.63, 3.8) is 0 Å². The second kappa shape index (κ2) is 10.0. The lowest BCUT2D eigenvalue weighted by Crippen LogP contribution is -2.11. The Morgan fingerprint density at radius 3 is 2.73 bits per heavy atom. The van der Waals surface area contributed by atoms with Gasteiger partial charge in [0.2, 0.25) is 5.89 Å². The molecule has 138 valence electrons. The Morgan fingerprint density at radius 1 is 1.31 bits per heavy atom. The molecule has 0 aliphatic carbocycles. The average Bonchev–Trinajstić information content (AvgIpc) is 2.98. The van der Waals surface area contributed by atoms with Gasteiger partial charge in [0.25, 0.3) is 0 Å². The topological polar surface area (TPSA) is 72.6 Å². The van der Waals surface area contributed by atoms with E-state index in [1.807, 2.05) is 38.1 Å². The summed E-state index contributed by atoms with van der Waals surface area (Å²) in [5, 5.41) is 8.32. The Kier molecular flexibility index (Phi) is 7.76. The maximum Gasteiger partial charge on any atom is 0.316 e. The first-order valence-corrected chi connectivity index (χ1v) is 9.43. The van der Waals surface area contributed by atoms with Crippen molar-refractivity contribution in [1.82, 2.24) is 4.98 Å². The molecule has 0 saturated carbocycles. The van der Waals surface area contributed by atoms with Crippen LogP contribution in [0.5, 0.6) is 0 Å². The SMILES string of the molecule is Cc1ccc(-c2nc(CCOCC#CCSC(C)C(=O)O)c(C)o2)cc1. The van der Waals surface area contributed by atoms with Gasteiger partial charge in [0.1, 0.15) is 17.6 Å². The molecule has 26 heavy (non-hydrogen) atoms. The highest BCUT2D eigenvalue weighted by molar-refractivity contribution is 8.00. The van der Waals surface area contributed by atoms with Crippen LogP contribution in [0.15, 0.2) is 28.7 Å². The number of thioether (sulfide) groups is 1. The van der Waals surface area contributed by atoms with Gasteiger partial charge in [-0.2, -0.15) is 0 Å². The van der Waals surface area contributed by atoms with Crippen LogP contribution < -0.4 is 0 Å². The van der Waals surface area contributed by atoms with E-state index in [0.717, 1.165) is 17.0 Å². The van der Waals surface area contributed by atoms with Gasteiger partial charge in [-0.05, 0) is 32.9 Å². The van der Waals surface area contributed by atoms with Gasteiger partial charge in [-0.3, -0.25) is 4.79 Å². The van der Waals surface area contributed by atoms with Crippen LogP contribution in [0.1, 0.15) is 23.9 Å². The van der Waals surface area contributed by atoms with E-state index >= 15 is 0 Å². The molecular formula is C20H23NO4S. The lowest BCUT2D eigenvalue weighted by molar-refractivity contribution is -0.136. The van der Waals surface area contributed by atoms with Crippen molar-refractivity contribution in [2.24, 2.45) is 0 Å². The van der Waals surface area contributed by atoms with Gasteiger partial charge in [0, 0.05) is 12.0 Å².